The van der Waals surface area contributed by atoms with Crippen molar-refractivity contribution < 1.29 is 4.74 Å². The van der Waals surface area contributed by atoms with E-state index in [4.69, 9.17) is 10.5 Å². The second-order valence-electron chi connectivity index (χ2n) is 4.41. The van der Waals surface area contributed by atoms with Gasteiger partial charge in [-0.15, -0.1) is 0 Å². The van der Waals surface area contributed by atoms with E-state index in [-0.39, 0.29) is 0 Å². The molecule has 0 aromatic heterocycles. The molecule has 0 aliphatic heterocycles. The first-order valence-electron chi connectivity index (χ1n) is 5.62. The molecule has 2 unspecified atom stereocenters. The van der Waals surface area contributed by atoms with E-state index in [1.165, 1.54) is 16.3 Å². The molecule has 0 heterocycles. The molecule has 16 heavy (non-hydrogen) atoms. The molecule has 3 rings (SSSR count). The van der Waals surface area contributed by atoms with Gasteiger partial charge in [0.15, 0.2) is 0 Å². The molecule has 0 spiro atoms. The van der Waals surface area contributed by atoms with Crippen LogP contribution in [0.5, 0.6) is 5.75 Å². The van der Waals surface area contributed by atoms with Gasteiger partial charge in [-0.3, -0.25) is 0 Å². The van der Waals surface area contributed by atoms with Gasteiger partial charge in [-0.25, -0.2) is 0 Å². The van der Waals surface area contributed by atoms with Crippen LogP contribution in [-0.4, -0.2) is 13.2 Å². The van der Waals surface area contributed by atoms with Crippen molar-refractivity contribution >= 4 is 10.8 Å². The Morgan fingerprint density at radius 1 is 1.19 bits per heavy atom. The molecule has 2 nitrogen and oxygen atoms in total. The molecule has 0 saturated heterocycles. The lowest BCUT2D eigenvalue weighted by Gasteiger charge is -2.11. The average Bonchev–Trinajstić information content (AvgIpc) is 3.04. The zero-order valence-corrected chi connectivity index (χ0v) is 9.31. The summed E-state index contributed by atoms with van der Waals surface area (Å²) >= 11 is 0. The number of methoxy groups -OCH3 is 1. The van der Waals surface area contributed by atoms with E-state index in [2.05, 4.69) is 30.3 Å². The molecular formula is C14H15NO. The summed E-state index contributed by atoms with van der Waals surface area (Å²) in [6, 6.07) is 12.9. The minimum atomic E-state index is 0.305. The fourth-order valence-corrected chi connectivity index (χ4v) is 2.38. The van der Waals surface area contributed by atoms with Crippen molar-refractivity contribution in [2.75, 3.05) is 7.11 Å². The number of nitrogens with two attached hydrogens (primary N) is 1. The molecule has 2 heteroatoms. The third-order valence-electron chi connectivity index (χ3n) is 3.36. The van der Waals surface area contributed by atoms with Crippen molar-refractivity contribution in [3.05, 3.63) is 42.0 Å². The first kappa shape index (κ1) is 9.67. The second kappa shape index (κ2) is 3.49. The Morgan fingerprint density at radius 2 is 1.94 bits per heavy atom. The molecule has 0 radical (unpaired) electrons. The van der Waals surface area contributed by atoms with Crippen molar-refractivity contribution in [3.8, 4) is 5.75 Å². The maximum Gasteiger partial charge on any atom is 0.123 e. The van der Waals surface area contributed by atoms with Crippen molar-refractivity contribution in [1.82, 2.24) is 0 Å². The van der Waals surface area contributed by atoms with Crippen molar-refractivity contribution in [2.45, 2.75) is 18.4 Å². The predicted octanol–water partition coefficient (Wildman–Crippen LogP) is 2.66. The lowest BCUT2D eigenvalue weighted by molar-refractivity contribution is 0.410. The molecule has 1 fully saturated rings. The van der Waals surface area contributed by atoms with Gasteiger partial charge in [0.05, 0.1) is 7.11 Å². The monoisotopic (exact) mass is 213 g/mol. The Morgan fingerprint density at radius 3 is 2.62 bits per heavy atom. The number of benzene rings is 2. The van der Waals surface area contributed by atoms with Gasteiger partial charge < -0.3 is 10.5 Å². The van der Waals surface area contributed by atoms with Crippen LogP contribution in [0.1, 0.15) is 17.9 Å². The first-order chi connectivity index (χ1) is 7.81. The van der Waals surface area contributed by atoms with Crippen molar-refractivity contribution in [1.29, 1.82) is 0 Å². The fourth-order valence-electron chi connectivity index (χ4n) is 2.38. The van der Waals surface area contributed by atoms with Crippen LogP contribution in [0.25, 0.3) is 10.8 Å². The first-order valence-corrected chi connectivity index (χ1v) is 5.62. The molecule has 0 bridgehead atoms. The van der Waals surface area contributed by atoms with Crippen LogP contribution in [0.3, 0.4) is 0 Å². The Balaban J connectivity index is 2.27. The number of ether oxygens (including phenoxy) is 1. The Hall–Kier alpha value is -1.54. The van der Waals surface area contributed by atoms with Gasteiger partial charge in [0, 0.05) is 17.5 Å². The Labute approximate surface area is 95.0 Å². The number of rotatable bonds is 2. The van der Waals surface area contributed by atoms with Gasteiger partial charge >= 0.3 is 0 Å². The molecule has 0 amide bonds. The molecule has 2 N–H and O–H groups in total. The van der Waals surface area contributed by atoms with Crippen LogP contribution >= 0.6 is 0 Å². The predicted molar refractivity (Wildman–Crippen MR) is 65.8 cm³/mol. The molecule has 2 atom stereocenters. The van der Waals surface area contributed by atoms with E-state index < -0.39 is 0 Å². The van der Waals surface area contributed by atoms with Crippen molar-refractivity contribution in [3.63, 3.8) is 0 Å². The summed E-state index contributed by atoms with van der Waals surface area (Å²) in [4.78, 5) is 0. The summed E-state index contributed by atoms with van der Waals surface area (Å²) in [6.45, 7) is 0. The molecular weight excluding hydrogens is 198 g/mol. The molecule has 2 aromatic rings. The highest BCUT2D eigenvalue weighted by molar-refractivity contribution is 5.88. The average molecular weight is 213 g/mol. The van der Waals surface area contributed by atoms with E-state index >= 15 is 0 Å². The number of hydrogen-bond acceptors (Lipinski definition) is 2. The summed E-state index contributed by atoms with van der Waals surface area (Å²) in [5.74, 6) is 1.44. The third kappa shape index (κ3) is 1.38. The maximum absolute atomic E-state index is 5.96. The normalized spacial score (nSPS) is 23.4. The number of hydrogen-bond donors (Lipinski definition) is 1. The molecule has 1 saturated carbocycles. The van der Waals surface area contributed by atoms with E-state index in [0.717, 1.165) is 12.2 Å². The summed E-state index contributed by atoms with van der Waals surface area (Å²) in [6.07, 6.45) is 1.07. The van der Waals surface area contributed by atoms with Crippen LogP contribution in [0.15, 0.2) is 36.4 Å². The van der Waals surface area contributed by atoms with E-state index in [1.54, 1.807) is 7.11 Å². The zero-order chi connectivity index (χ0) is 11.1. The van der Waals surface area contributed by atoms with Gasteiger partial charge in [0.2, 0.25) is 0 Å². The SMILES string of the molecule is COc1ccc2ccccc2c1C1CC1N. The van der Waals surface area contributed by atoms with E-state index in [1.807, 2.05) is 6.07 Å². The van der Waals surface area contributed by atoms with Crippen LogP contribution in [0.2, 0.25) is 0 Å². The van der Waals surface area contributed by atoms with E-state index in [9.17, 15) is 0 Å². The van der Waals surface area contributed by atoms with Crippen LogP contribution in [0.4, 0.5) is 0 Å². The molecule has 1 aliphatic carbocycles. The highest BCUT2D eigenvalue weighted by Gasteiger charge is 2.37. The Bertz CT molecular complexity index is 535. The molecule has 82 valence electrons. The largest absolute Gasteiger partial charge is 0.496 e. The van der Waals surface area contributed by atoms with E-state index in [0.29, 0.717) is 12.0 Å². The topological polar surface area (TPSA) is 35.2 Å². The molecule has 2 aromatic carbocycles. The summed E-state index contributed by atoms with van der Waals surface area (Å²) in [5.41, 5.74) is 7.24. The summed E-state index contributed by atoms with van der Waals surface area (Å²) in [5, 5.41) is 2.54. The van der Waals surface area contributed by atoms with Gasteiger partial charge in [0.1, 0.15) is 5.75 Å². The van der Waals surface area contributed by atoms with Crippen molar-refractivity contribution in [2.24, 2.45) is 5.73 Å². The van der Waals surface area contributed by atoms with Gasteiger partial charge in [-0.05, 0) is 23.3 Å². The van der Waals surface area contributed by atoms with Crippen LogP contribution in [0, 0.1) is 0 Å². The lowest BCUT2D eigenvalue weighted by atomic mass is 10.00. The minimum absolute atomic E-state index is 0.305. The summed E-state index contributed by atoms with van der Waals surface area (Å²) in [7, 11) is 1.72. The molecule has 1 aliphatic rings. The van der Waals surface area contributed by atoms with Gasteiger partial charge in [-0.1, -0.05) is 30.3 Å². The van der Waals surface area contributed by atoms with Crippen LogP contribution < -0.4 is 10.5 Å². The highest BCUT2D eigenvalue weighted by atomic mass is 16.5. The quantitative estimate of drug-likeness (QED) is 0.832. The van der Waals surface area contributed by atoms with Crippen LogP contribution in [-0.2, 0) is 0 Å². The number of fused-ring (bicyclic) bond motifs is 1. The summed E-state index contributed by atoms with van der Waals surface area (Å²) < 4.78 is 5.45. The zero-order valence-electron chi connectivity index (χ0n) is 9.31. The second-order valence-corrected chi connectivity index (χ2v) is 4.41. The highest BCUT2D eigenvalue weighted by Crippen LogP contribution is 2.46. The standard InChI is InChI=1S/C14H15NO/c1-16-13-7-6-9-4-2-3-5-10(9)14(13)11-8-12(11)15/h2-7,11-12H,8,15H2,1H3. The minimum Gasteiger partial charge on any atom is -0.496 e. The fraction of sp³-hybridized carbons (Fsp3) is 0.286. The maximum atomic E-state index is 5.96. The van der Waals surface area contributed by atoms with Gasteiger partial charge in [-0.2, -0.15) is 0 Å². The smallest absolute Gasteiger partial charge is 0.123 e. The van der Waals surface area contributed by atoms with Gasteiger partial charge in [0.25, 0.3) is 0 Å². The third-order valence-corrected chi connectivity index (χ3v) is 3.36. The lowest BCUT2D eigenvalue weighted by Crippen LogP contribution is -2.02. The Kier molecular flexibility index (Phi) is 2.11.